The number of nitrogens with zero attached hydrogens (tertiary/aromatic N) is 2. The molecule has 0 aliphatic rings. The second-order valence-corrected chi connectivity index (χ2v) is 5.37. The van der Waals surface area contributed by atoms with Crippen LogP contribution in [0.3, 0.4) is 0 Å². The number of benzene rings is 1. The minimum Gasteiger partial charge on any atom is -0.508 e. The molecule has 2 aromatic rings. The van der Waals surface area contributed by atoms with Crippen LogP contribution in [0.5, 0.6) is 5.75 Å². The van der Waals surface area contributed by atoms with Gasteiger partial charge in [0.1, 0.15) is 18.0 Å². The lowest BCUT2D eigenvalue weighted by Gasteiger charge is -2.21. The predicted molar refractivity (Wildman–Crippen MR) is 80.5 cm³/mol. The van der Waals surface area contributed by atoms with Crippen molar-refractivity contribution in [1.29, 1.82) is 0 Å². The zero-order chi connectivity index (χ0) is 15.6. The van der Waals surface area contributed by atoms with Gasteiger partial charge in [0.25, 0.3) is 5.91 Å². The summed E-state index contributed by atoms with van der Waals surface area (Å²) in [6.45, 7) is -0.466. The van der Waals surface area contributed by atoms with Crippen LogP contribution in [0.1, 0.15) is 10.5 Å². The van der Waals surface area contributed by atoms with Crippen LogP contribution >= 0.6 is 15.9 Å². The van der Waals surface area contributed by atoms with Crippen LogP contribution < -0.4 is 4.90 Å². The molecule has 0 spiro atoms. The number of amides is 1. The molecule has 7 heteroatoms. The van der Waals surface area contributed by atoms with E-state index in [2.05, 4.69) is 15.9 Å². The maximum atomic E-state index is 12.6. The molecule has 0 saturated carbocycles. The van der Waals surface area contributed by atoms with Gasteiger partial charge < -0.3 is 14.8 Å². The minimum absolute atomic E-state index is 0.0445. The second kappa shape index (κ2) is 6.01. The van der Waals surface area contributed by atoms with Crippen molar-refractivity contribution in [3.05, 3.63) is 46.7 Å². The van der Waals surface area contributed by atoms with Crippen LogP contribution in [0.4, 0.5) is 5.69 Å². The van der Waals surface area contributed by atoms with Gasteiger partial charge in [-0.3, -0.25) is 14.5 Å². The smallest absolute Gasteiger partial charge is 0.323 e. The molecule has 1 aromatic heterocycles. The molecule has 6 nitrogen and oxygen atoms in total. The fraction of sp³-hybridized carbons (Fsp3) is 0.143. The van der Waals surface area contributed by atoms with E-state index in [0.29, 0.717) is 11.4 Å². The monoisotopic (exact) mass is 352 g/mol. The van der Waals surface area contributed by atoms with Crippen molar-refractivity contribution in [3.63, 3.8) is 0 Å². The van der Waals surface area contributed by atoms with Gasteiger partial charge in [-0.1, -0.05) is 0 Å². The van der Waals surface area contributed by atoms with Gasteiger partial charge in [-0.25, -0.2) is 0 Å². The molecule has 0 atom stereocenters. The van der Waals surface area contributed by atoms with Gasteiger partial charge >= 0.3 is 5.97 Å². The highest BCUT2D eigenvalue weighted by atomic mass is 79.9. The average molecular weight is 353 g/mol. The predicted octanol–water partition coefficient (Wildman–Crippen LogP) is 2.22. The largest absolute Gasteiger partial charge is 0.508 e. The third kappa shape index (κ3) is 3.43. The second-order valence-electron chi connectivity index (χ2n) is 4.46. The first-order valence-electron chi connectivity index (χ1n) is 6.03. The van der Waals surface area contributed by atoms with E-state index in [0.717, 1.165) is 9.37 Å². The highest BCUT2D eigenvalue weighted by Crippen LogP contribution is 2.22. The molecule has 1 amide bonds. The summed E-state index contributed by atoms with van der Waals surface area (Å²) in [4.78, 5) is 24.7. The van der Waals surface area contributed by atoms with Crippen molar-refractivity contribution in [2.24, 2.45) is 7.05 Å². The summed E-state index contributed by atoms with van der Waals surface area (Å²) >= 11 is 3.28. The quantitative estimate of drug-likeness (QED) is 0.883. The van der Waals surface area contributed by atoms with Gasteiger partial charge in [-0.15, -0.1) is 0 Å². The van der Waals surface area contributed by atoms with Gasteiger partial charge in [0.2, 0.25) is 0 Å². The number of carboxylic acids is 1. The van der Waals surface area contributed by atoms with E-state index in [1.165, 1.54) is 24.3 Å². The molecule has 1 heterocycles. The number of halogens is 1. The number of aryl methyl sites for hydroxylation is 1. The third-order valence-electron chi connectivity index (χ3n) is 2.89. The van der Waals surface area contributed by atoms with Gasteiger partial charge in [-0.05, 0) is 46.3 Å². The number of carbonyl (C=O) groups excluding carboxylic acids is 1. The molecular weight excluding hydrogens is 340 g/mol. The number of carboxylic acid groups (broad SMARTS) is 1. The number of hydrogen-bond acceptors (Lipinski definition) is 3. The molecular formula is C14H13BrN2O4. The Kier molecular flexibility index (Phi) is 4.32. The lowest BCUT2D eigenvalue weighted by atomic mass is 10.2. The molecule has 0 fully saturated rings. The number of phenolic OH excluding ortho intramolecular Hbond substituents is 1. The molecule has 0 saturated heterocycles. The number of aliphatic carboxylic acids is 1. The Labute approximate surface area is 129 Å². The van der Waals surface area contributed by atoms with Crippen LogP contribution in [0.15, 0.2) is 41.0 Å². The van der Waals surface area contributed by atoms with Gasteiger partial charge in [0.05, 0.1) is 0 Å². The maximum absolute atomic E-state index is 12.6. The zero-order valence-corrected chi connectivity index (χ0v) is 12.7. The van der Waals surface area contributed by atoms with Crippen molar-refractivity contribution in [2.45, 2.75) is 0 Å². The molecule has 110 valence electrons. The summed E-state index contributed by atoms with van der Waals surface area (Å²) in [6, 6.07) is 7.41. The van der Waals surface area contributed by atoms with Gasteiger partial charge in [0.15, 0.2) is 0 Å². The van der Waals surface area contributed by atoms with Crippen molar-refractivity contribution in [2.75, 3.05) is 11.4 Å². The Morgan fingerprint density at radius 2 is 1.90 bits per heavy atom. The Bertz CT molecular complexity index is 679. The van der Waals surface area contributed by atoms with Crippen LogP contribution in [-0.4, -0.2) is 33.2 Å². The number of aromatic nitrogens is 1. The third-order valence-corrected chi connectivity index (χ3v) is 3.32. The lowest BCUT2D eigenvalue weighted by Crippen LogP contribution is -2.36. The zero-order valence-electron chi connectivity index (χ0n) is 11.2. The van der Waals surface area contributed by atoms with Crippen LogP contribution in [0.25, 0.3) is 0 Å². The lowest BCUT2D eigenvalue weighted by molar-refractivity contribution is -0.135. The maximum Gasteiger partial charge on any atom is 0.323 e. The average Bonchev–Trinajstić information content (AvgIpc) is 2.75. The number of rotatable bonds is 4. The number of hydrogen-bond donors (Lipinski definition) is 2. The molecule has 0 aliphatic heterocycles. The molecule has 2 rings (SSSR count). The van der Waals surface area contributed by atoms with Crippen molar-refractivity contribution in [1.82, 2.24) is 4.57 Å². The Morgan fingerprint density at radius 3 is 2.38 bits per heavy atom. The number of aromatic hydroxyl groups is 1. The summed E-state index contributed by atoms with van der Waals surface area (Å²) in [6.07, 6.45) is 1.71. The fourth-order valence-electron chi connectivity index (χ4n) is 1.92. The van der Waals surface area contributed by atoms with Crippen molar-refractivity contribution in [3.8, 4) is 5.75 Å². The van der Waals surface area contributed by atoms with Crippen molar-refractivity contribution < 1.29 is 19.8 Å². The van der Waals surface area contributed by atoms with E-state index in [4.69, 9.17) is 5.11 Å². The summed E-state index contributed by atoms with van der Waals surface area (Å²) < 4.78 is 2.34. The SMILES string of the molecule is Cn1cc(Br)cc1C(=O)N(CC(=O)O)c1ccc(O)cc1. The fourth-order valence-corrected chi connectivity index (χ4v) is 2.45. The van der Waals surface area contributed by atoms with Gasteiger partial charge in [0, 0.05) is 23.4 Å². The van der Waals surface area contributed by atoms with E-state index in [1.54, 1.807) is 23.9 Å². The highest BCUT2D eigenvalue weighted by Gasteiger charge is 2.23. The molecule has 21 heavy (non-hydrogen) atoms. The normalized spacial score (nSPS) is 10.4. The van der Waals surface area contributed by atoms with Crippen molar-refractivity contribution >= 4 is 33.5 Å². The van der Waals surface area contributed by atoms with E-state index in [-0.39, 0.29) is 5.75 Å². The van der Waals surface area contributed by atoms with Gasteiger partial charge in [-0.2, -0.15) is 0 Å². The van der Waals surface area contributed by atoms with E-state index in [1.807, 2.05) is 0 Å². The first kappa shape index (κ1) is 15.1. The number of phenols is 1. The summed E-state index contributed by atoms with van der Waals surface area (Å²) in [7, 11) is 1.70. The topological polar surface area (TPSA) is 82.8 Å². The standard InChI is InChI=1S/C14H13BrN2O4/c1-16-7-9(15)6-12(16)14(21)17(8-13(19)20)10-2-4-11(18)5-3-10/h2-7,18H,8H2,1H3,(H,19,20). The Morgan fingerprint density at radius 1 is 1.29 bits per heavy atom. The van der Waals surface area contributed by atoms with Crippen LogP contribution in [0, 0.1) is 0 Å². The minimum atomic E-state index is -1.12. The van der Waals surface area contributed by atoms with Crippen LogP contribution in [-0.2, 0) is 11.8 Å². The number of carbonyl (C=O) groups is 2. The molecule has 0 radical (unpaired) electrons. The number of anilines is 1. The first-order chi connectivity index (χ1) is 9.88. The van der Waals surface area contributed by atoms with E-state index < -0.39 is 18.4 Å². The Balaban J connectivity index is 2.40. The summed E-state index contributed by atoms with van der Waals surface area (Å²) in [5.41, 5.74) is 0.758. The summed E-state index contributed by atoms with van der Waals surface area (Å²) in [5.74, 6) is -1.51. The molecule has 1 aromatic carbocycles. The highest BCUT2D eigenvalue weighted by molar-refractivity contribution is 9.10. The van der Waals surface area contributed by atoms with E-state index in [9.17, 15) is 14.7 Å². The first-order valence-corrected chi connectivity index (χ1v) is 6.82. The van der Waals surface area contributed by atoms with Crippen LogP contribution in [0.2, 0.25) is 0 Å². The summed E-state index contributed by atoms with van der Waals surface area (Å²) in [5, 5.41) is 18.3. The molecule has 0 unspecified atom stereocenters. The van der Waals surface area contributed by atoms with E-state index >= 15 is 0 Å². The Hall–Kier alpha value is -2.28. The molecule has 2 N–H and O–H groups in total. The molecule has 0 bridgehead atoms. The molecule has 0 aliphatic carbocycles.